The maximum absolute atomic E-state index is 13.2. The van der Waals surface area contributed by atoms with E-state index in [4.69, 9.17) is 0 Å². The van der Waals surface area contributed by atoms with E-state index >= 15 is 0 Å². The van der Waals surface area contributed by atoms with Gasteiger partial charge in [-0.05, 0) is 36.5 Å². The molecule has 0 saturated carbocycles. The number of carbonyl (C=O) groups excluding carboxylic acids is 3. The fourth-order valence-electron chi connectivity index (χ4n) is 4.84. The minimum atomic E-state index is -0.470. The number of benzene rings is 2. The molecule has 1 atom stereocenters. The lowest BCUT2D eigenvalue weighted by atomic mass is 9.98. The van der Waals surface area contributed by atoms with Crippen LogP contribution in [0.15, 0.2) is 54.6 Å². The van der Waals surface area contributed by atoms with E-state index in [1.165, 1.54) is 0 Å². The lowest BCUT2D eigenvalue weighted by Crippen LogP contribution is -2.59. The van der Waals surface area contributed by atoms with Crippen LogP contribution in [-0.2, 0) is 20.8 Å². The van der Waals surface area contributed by atoms with Crippen LogP contribution in [0.1, 0.15) is 38.2 Å². The SMILES string of the molecule is CCN1CCN(C(=O)CCCN2CCCC2=O)C(Cc2ccc(-c3ccccc3)cc2)C1=O. The van der Waals surface area contributed by atoms with Crippen molar-refractivity contribution in [2.24, 2.45) is 0 Å². The summed E-state index contributed by atoms with van der Waals surface area (Å²) in [6, 6.07) is 18.0. The Morgan fingerprint density at radius 1 is 0.909 bits per heavy atom. The Balaban J connectivity index is 1.42. The predicted molar refractivity (Wildman–Crippen MR) is 128 cm³/mol. The van der Waals surface area contributed by atoms with Crippen LogP contribution in [0.3, 0.4) is 0 Å². The van der Waals surface area contributed by atoms with Crippen LogP contribution in [0.2, 0.25) is 0 Å². The second kappa shape index (κ2) is 10.6. The average molecular weight is 448 g/mol. The first-order valence-corrected chi connectivity index (χ1v) is 12.1. The molecular formula is C27H33N3O3. The van der Waals surface area contributed by atoms with Gasteiger partial charge in [-0.1, -0.05) is 54.6 Å². The van der Waals surface area contributed by atoms with E-state index in [1.807, 2.05) is 34.9 Å². The number of likely N-dealkylation sites (N-methyl/N-ethyl adjacent to an activating group) is 1. The number of likely N-dealkylation sites (tertiary alicyclic amines) is 1. The van der Waals surface area contributed by atoms with Crippen molar-refractivity contribution in [1.82, 2.24) is 14.7 Å². The van der Waals surface area contributed by atoms with Crippen LogP contribution < -0.4 is 0 Å². The zero-order valence-electron chi connectivity index (χ0n) is 19.4. The number of hydrogen-bond acceptors (Lipinski definition) is 3. The van der Waals surface area contributed by atoms with E-state index in [2.05, 4.69) is 36.4 Å². The highest BCUT2D eigenvalue weighted by Crippen LogP contribution is 2.22. The molecule has 0 bridgehead atoms. The van der Waals surface area contributed by atoms with Crippen LogP contribution in [0.25, 0.3) is 11.1 Å². The summed E-state index contributed by atoms with van der Waals surface area (Å²) in [5.74, 6) is 0.224. The highest BCUT2D eigenvalue weighted by molar-refractivity contribution is 5.89. The highest BCUT2D eigenvalue weighted by atomic mass is 16.2. The van der Waals surface area contributed by atoms with E-state index in [9.17, 15) is 14.4 Å². The van der Waals surface area contributed by atoms with Gasteiger partial charge in [-0.2, -0.15) is 0 Å². The zero-order valence-corrected chi connectivity index (χ0v) is 19.4. The van der Waals surface area contributed by atoms with Crippen LogP contribution in [0, 0.1) is 0 Å². The molecule has 6 heteroatoms. The first kappa shape index (κ1) is 23.0. The van der Waals surface area contributed by atoms with E-state index in [1.54, 1.807) is 4.90 Å². The minimum absolute atomic E-state index is 0.0108. The largest absolute Gasteiger partial charge is 0.343 e. The molecule has 0 aromatic heterocycles. The Hall–Kier alpha value is -3.15. The number of carbonyl (C=O) groups is 3. The maximum atomic E-state index is 13.2. The zero-order chi connectivity index (χ0) is 23.2. The van der Waals surface area contributed by atoms with Gasteiger partial charge in [0.25, 0.3) is 0 Å². The van der Waals surface area contributed by atoms with E-state index < -0.39 is 6.04 Å². The van der Waals surface area contributed by atoms with Crippen molar-refractivity contribution in [3.8, 4) is 11.1 Å². The molecule has 1 unspecified atom stereocenters. The summed E-state index contributed by atoms with van der Waals surface area (Å²) in [7, 11) is 0. The third-order valence-corrected chi connectivity index (χ3v) is 6.77. The van der Waals surface area contributed by atoms with Crippen molar-refractivity contribution < 1.29 is 14.4 Å². The standard InChI is InChI=1S/C27H33N3O3/c1-2-28-18-19-30(26(32)11-7-17-29-16-6-10-25(29)31)24(27(28)33)20-21-12-14-23(15-13-21)22-8-4-3-5-9-22/h3-5,8-9,12-15,24H,2,6-7,10-11,16-20H2,1H3. The van der Waals surface area contributed by atoms with Crippen molar-refractivity contribution in [3.63, 3.8) is 0 Å². The molecule has 0 spiro atoms. The third kappa shape index (κ3) is 5.44. The Kier molecular flexibility index (Phi) is 7.43. The normalized spacial score (nSPS) is 18.8. The molecule has 4 rings (SSSR count). The summed E-state index contributed by atoms with van der Waals surface area (Å²) in [5, 5.41) is 0. The van der Waals surface area contributed by atoms with E-state index in [0.29, 0.717) is 51.9 Å². The average Bonchev–Trinajstić information content (AvgIpc) is 3.25. The van der Waals surface area contributed by atoms with Gasteiger partial charge in [0.15, 0.2) is 0 Å². The molecule has 0 aliphatic carbocycles. The molecule has 2 heterocycles. The second-order valence-corrected chi connectivity index (χ2v) is 8.88. The molecule has 2 aliphatic heterocycles. The van der Waals surface area contributed by atoms with Crippen LogP contribution in [0.4, 0.5) is 0 Å². The Labute approximate surface area is 196 Å². The molecule has 3 amide bonds. The highest BCUT2D eigenvalue weighted by Gasteiger charge is 2.36. The third-order valence-electron chi connectivity index (χ3n) is 6.77. The molecule has 2 fully saturated rings. The summed E-state index contributed by atoms with van der Waals surface area (Å²) in [5.41, 5.74) is 3.34. The molecule has 174 valence electrons. The summed E-state index contributed by atoms with van der Waals surface area (Å²) in [4.78, 5) is 43.5. The Bertz CT molecular complexity index is 974. The van der Waals surface area contributed by atoms with Gasteiger partial charge in [0.2, 0.25) is 17.7 Å². The number of hydrogen-bond donors (Lipinski definition) is 0. The lowest BCUT2D eigenvalue weighted by Gasteiger charge is -2.40. The van der Waals surface area contributed by atoms with Gasteiger partial charge in [-0.3, -0.25) is 14.4 Å². The monoisotopic (exact) mass is 447 g/mol. The molecule has 2 aromatic carbocycles. The van der Waals surface area contributed by atoms with Crippen LogP contribution in [0.5, 0.6) is 0 Å². The lowest BCUT2D eigenvalue weighted by molar-refractivity contribution is -0.151. The smallest absolute Gasteiger partial charge is 0.245 e. The maximum Gasteiger partial charge on any atom is 0.245 e. The van der Waals surface area contributed by atoms with Crippen LogP contribution in [-0.4, -0.2) is 71.2 Å². The van der Waals surface area contributed by atoms with Crippen LogP contribution >= 0.6 is 0 Å². The van der Waals surface area contributed by atoms with Crippen molar-refractivity contribution >= 4 is 17.7 Å². The van der Waals surface area contributed by atoms with Gasteiger partial charge in [-0.25, -0.2) is 0 Å². The summed E-state index contributed by atoms with van der Waals surface area (Å²) < 4.78 is 0. The molecule has 2 aromatic rings. The first-order chi connectivity index (χ1) is 16.1. The predicted octanol–water partition coefficient (Wildman–Crippen LogP) is 3.36. The second-order valence-electron chi connectivity index (χ2n) is 8.88. The summed E-state index contributed by atoms with van der Waals surface area (Å²) in [6.45, 7) is 5.19. The number of nitrogens with zero attached hydrogens (tertiary/aromatic N) is 3. The van der Waals surface area contributed by atoms with Crippen molar-refractivity contribution in [1.29, 1.82) is 0 Å². The van der Waals surface area contributed by atoms with Gasteiger partial charge in [0.05, 0.1) is 0 Å². The molecule has 6 nitrogen and oxygen atoms in total. The molecule has 33 heavy (non-hydrogen) atoms. The van der Waals surface area contributed by atoms with E-state index in [-0.39, 0.29) is 17.7 Å². The summed E-state index contributed by atoms with van der Waals surface area (Å²) >= 11 is 0. The molecule has 2 aliphatic rings. The quantitative estimate of drug-likeness (QED) is 0.624. The van der Waals surface area contributed by atoms with Crippen molar-refractivity contribution in [2.75, 3.05) is 32.7 Å². The topological polar surface area (TPSA) is 60.9 Å². The molecule has 0 N–H and O–H groups in total. The molecule has 2 saturated heterocycles. The minimum Gasteiger partial charge on any atom is -0.343 e. The van der Waals surface area contributed by atoms with Crippen molar-refractivity contribution in [2.45, 2.75) is 45.1 Å². The van der Waals surface area contributed by atoms with Gasteiger partial charge < -0.3 is 14.7 Å². The van der Waals surface area contributed by atoms with Crippen molar-refractivity contribution in [3.05, 3.63) is 60.2 Å². The fraction of sp³-hybridized carbons (Fsp3) is 0.444. The van der Waals surface area contributed by atoms with Gasteiger partial charge in [0, 0.05) is 52.0 Å². The Morgan fingerprint density at radius 2 is 1.64 bits per heavy atom. The first-order valence-electron chi connectivity index (χ1n) is 12.1. The van der Waals surface area contributed by atoms with Gasteiger partial charge >= 0.3 is 0 Å². The number of piperazine rings is 1. The van der Waals surface area contributed by atoms with E-state index in [0.717, 1.165) is 29.7 Å². The summed E-state index contributed by atoms with van der Waals surface area (Å²) in [6.07, 6.45) is 3.05. The fourth-order valence-corrected chi connectivity index (χ4v) is 4.84. The Morgan fingerprint density at radius 3 is 2.30 bits per heavy atom. The number of rotatable bonds is 8. The molecular weight excluding hydrogens is 414 g/mol. The molecule has 0 radical (unpaired) electrons. The number of amides is 3. The van der Waals surface area contributed by atoms with Gasteiger partial charge in [-0.15, -0.1) is 0 Å². The van der Waals surface area contributed by atoms with Gasteiger partial charge in [0.1, 0.15) is 6.04 Å².